The molecular weight excluding hydrogens is 376 g/mol. The van der Waals surface area contributed by atoms with E-state index in [0.717, 1.165) is 10.0 Å². The van der Waals surface area contributed by atoms with Gasteiger partial charge in [-0.1, -0.05) is 28.1 Å². The van der Waals surface area contributed by atoms with Crippen LogP contribution >= 0.6 is 15.9 Å². The maximum Gasteiger partial charge on any atom is 0.313 e. The SMILES string of the molecule is CCOC(=O)[C@@H]1C[C@]2(O)[C@@H](C(=O)OC2(C)C)[C@@H]1c1ccc(Br)cc1. The average Bonchev–Trinajstić information content (AvgIpc) is 2.91. The third-order valence-corrected chi connectivity index (χ3v) is 5.86. The Morgan fingerprint density at radius 2 is 2.00 bits per heavy atom. The average molecular weight is 397 g/mol. The molecule has 4 atom stereocenters. The number of ether oxygens (including phenoxy) is 2. The quantitative estimate of drug-likeness (QED) is 0.795. The van der Waals surface area contributed by atoms with E-state index in [1.54, 1.807) is 20.8 Å². The summed E-state index contributed by atoms with van der Waals surface area (Å²) in [5.74, 6) is -2.65. The number of aliphatic hydroxyl groups is 1. The molecule has 0 spiro atoms. The first-order valence-corrected chi connectivity index (χ1v) is 8.88. The van der Waals surface area contributed by atoms with Crippen molar-refractivity contribution in [3.05, 3.63) is 34.3 Å². The number of fused-ring (bicyclic) bond motifs is 1. The molecule has 1 aliphatic carbocycles. The van der Waals surface area contributed by atoms with Crippen molar-refractivity contribution in [3.8, 4) is 0 Å². The Bertz CT molecular complexity index is 668. The summed E-state index contributed by atoms with van der Waals surface area (Å²) in [6.07, 6.45) is 0.149. The molecule has 1 heterocycles. The smallest absolute Gasteiger partial charge is 0.313 e. The predicted octanol–water partition coefficient (Wildman–Crippen LogP) is 2.80. The molecule has 24 heavy (non-hydrogen) atoms. The zero-order valence-corrected chi connectivity index (χ0v) is 15.5. The van der Waals surface area contributed by atoms with Crippen LogP contribution in [0.25, 0.3) is 0 Å². The Morgan fingerprint density at radius 3 is 2.58 bits per heavy atom. The second-order valence-electron chi connectivity index (χ2n) is 6.97. The molecule has 1 aromatic carbocycles. The molecule has 0 bridgehead atoms. The summed E-state index contributed by atoms with van der Waals surface area (Å²) in [4.78, 5) is 25.0. The topological polar surface area (TPSA) is 72.8 Å². The first-order chi connectivity index (χ1) is 11.2. The van der Waals surface area contributed by atoms with Crippen molar-refractivity contribution in [1.82, 2.24) is 0 Å². The van der Waals surface area contributed by atoms with Crippen molar-refractivity contribution in [1.29, 1.82) is 0 Å². The number of esters is 2. The van der Waals surface area contributed by atoms with Gasteiger partial charge >= 0.3 is 11.9 Å². The van der Waals surface area contributed by atoms with E-state index in [1.165, 1.54) is 0 Å². The second kappa shape index (κ2) is 5.85. The molecular formula is C18H21BrO5. The highest BCUT2D eigenvalue weighted by atomic mass is 79.9. The van der Waals surface area contributed by atoms with Gasteiger partial charge in [-0.2, -0.15) is 0 Å². The molecule has 5 nitrogen and oxygen atoms in total. The minimum atomic E-state index is -1.39. The van der Waals surface area contributed by atoms with Gasteiger partial charge in [0.05, 0.1) is 18.4 Å². The molecule has 1 N–H and O–H groups in total. The Morgan fingerprint density at radius 1 is 1.38 bits per heavy atom. The highest BCUT2D eigenvalue weighted by Gasteiger charge is 2.70. The Kier molecular flexibility index (Phi) is 4.24. The van der Waals surface area contributed by atoms with Crippen LogP contribution in [0.4, 0.5) is 0 Å². The number of hydrogen-bond donors (Lipinski definition) is 1. The predicted molar refractivity (Wildman–Crippen MR) is 90.2 cm³/mol. The lowest BCUT2D eigenvalue weighted by atomic mass is 9.76. The Hall–Kier alpha value is -1.40. The maximum absolute atomic E-state index is 12.5. The van der Waals surface area contributed by atoms with Crippen LogP contribution in [0.5, 0.6) is 0 Å². The second-order valence-corrected chi connectivity index (χ2v) is 7.89. The lowest BCUT2D eigenvalue weighted by molar-refractivity contribution is -0.157. The van der Waals surface area contributed by atoms with E-state index in [4.69, 9.17) is 9.47 Å². The van der Waals surface area contributed by atoms with Gasteiger partial charge in [-0.05, 0) is 44.9 Å². The van der Waals surface area contributed by atoms with Crippen LogP contribution in [0.2, 0.25) is 0 Å². The lowest BCUT2D eigenvalue weighted by Crippen LogP contribution is -2.48. The van der Waals surface area contributed by atoms with E-state index >= 15 is 0 Å². The first-order valence-electron chi connectivity index (χ1n) is 8.08. The van der Waals surface area contributed by atoms with Crippen LogP contribution in [0.3, 0.4) is 0 Å². The molecule has 2 aliphatic rings. The summed E-state index contributed by atoms with van der Waals surface area (Å²) in [6, 6.07) is 7.46. The summed E-state index contributed by atoms with van der Waals surface area (Å²) in [7, 11) is 0. The molecule has 130 valence electrons. The van der Waals surface area contributed by atoms with Crippen molar-refractivity contribution < 1.29 is 24.2 Å². The van der Waals surface area contributed by atoms with Gasteiger partial charge in [0.15, 0.2) is 0 Å². The van der Waals surface area contributed by atoms with Gasteiger partial charge in [0.2, 0.25) is 0 Å². The summed E-state index contributed by atoms with van der Waals surface area (Å²) in [5.41, 5.74) is -1.60. The molecule has 0 radical (unpaired) electrons. The first kappa shape index (κ1) is 17.4. The largest absolute Gasteiger partial charge is 0.466 e. The molecule has 1 saturated carbocycles. The number of halogens is 1. The number of benzene rings is 1. The van der Waals surface area contributed by atoms with Gasteiger partial charge in [0.1, 0.15) is 11.2 Å². The Labute approximate surface area is 149 Å². The molecule has 6 heteroatoms. The van der Waals surface area contributed by atoms with E-state index in [-0.39, 0.29) is 19.0 Å². The van der Waals surface area contributed by atoms with Crippen molar-refractivity contribution in [3.63, 3.8) is 0 Å². The van der Waals surface area contributed by atoms with E-state index in [9.17, 15) is 14.7 Å². The molecule has 3 rings (SSSR count). The molecule has 0 unspecified atom stereocenters. The zero-order valence-electron chi connectivity index (χ0n) is 13.9. The maximum atomic E-state index is 12.5. The highest BCUT2D eigenvalue weighted by Crippen LogP contribution is 2.59. The third-order valence-electron chi connectivity index (χ3n) is 5.33. The molecule has 2 fully saturated rings. The zero-order chi connectivity index (χ0) is 17.7. The van der Waals surface area contributed by atoms with Gasteiger partial charge < -0.3 is 14.6 Å². The number of cyclic esters (lactones) is 1. The van der Waals surface area contributed by atoms with Crippen LogP contribution in [0.15, 0.2) is 28.7 Å². The van der Waals surface area contributed by atoms with Crippen LogP contribution in [-0.4, -0.2) is 34.9 Å². The van der Waals surface area contributed by atoms with Gasteiger partial charge in [0, 0.05) is 10.4 Å². The van der Waals surface area contributed by atoms with Crippen LogP contribution in [0.1, 0.15) is 38.7 Å². The molecule has 0 amide bonds. The molecule has 1 saturated heterocycles. The Balaban J connectivity index is 2.08. The lowest BCUT2D eigenvalue weighted by Gasteiger charge is -2.33. The van der Waals surface area contributed by atoms with E-state index in [2.05, 4.69) is 15.9 Å². The monoisotopic (exact) mass is 396 g/mol. The fourth-order valence-electron chi connectivity index (χ4n) is 4.07. The van der Waals surface area contributed by atoms with Gasteiger partial charge in [-0.15, -0.1) is 0 Å². The van der Waals surface area contributed by atoms with Crippen LogP contribution < -0.4 is 0 Å². The van der Waals surface area contributed by atoms with Gasteiger partial charge in [-0.3, -0.25) is 9.59 Å². The summed E-state index contributed by atoms with van der Waals surface area (Å²) in [5, 5.41) is 11.2. The van der Waals surface area contributed by atoms with Crippen molar-refractivity contribution in [2.75, 3.05) is 6.61 Å². The normalized spacial score (nSPS) is 33.9. The van der Waals surface area contributed by atoms with Crippen LogP contribution in [-0.2, 0) is 19.1 Å². The van der Waals surface area contributed by atoms with Crippen LogP contribution in [0, 0.1) is 11.8 Å². The number of carbonyl (C=O) groups excluding carboxylic acids is 2. The van der Waals surface area contributed by atoms with E-state index in [0.29, 0.717) is 0 Å². The number of carbonyl (C=O) groups is 2. The standard InChI is InChI=1S/C18H21BrO5/c1-4-23-15(20)12-9-18(22)14(16(21)24-17(18,2)3)13(12)10-5-7-11(19)8-6-10/h5-8,12-14,22H,4,9H2,1-3H3/t12-,13-,14-,18+/m1/s1. The minimum Gasteiger partial charge on any atom is -0.466 e. The summed E-state index contributed by atoms with van der Waals surface area (Å²) in [6.45, 7) is 5.39. The number of hydrogen-bond acceptors (Lipinski definition) is 5. The molecule has 0 aromatic heterocycles. The molecule has 1 aromatic rings. The van der Waals surface area contributed by atoms with Crippen molar-refractivity contribution in [2.45, 2.75) is 44.3 Å². The fraction of sp³-hybridized carbons (Fsp3) is 0.556. The third kappa shape index (κ3) is 2.47. The van der Waals surface area contributed by atoms with Crippen molar-refractivity contribution >= 4 is 27.9 Å². The van der Waals surface area contributed by atoms with Gasteiger partial charge in [0.25, 0.3) is 0 Å². The summed E-state index contributed by atoms with van der Waals surface area (Å²) >= 11 is 3.39. The van der Waals surface area contributed by atoms with E-state index < -0.39 is 34.9 Å². The van der Waals surface area contributed by atoms with Gasteiger partial charge in [-0.25, -0.2) is 0 Å². The van der Waals surface area contributed by atoms with E-state index in [1.807, 2.05) is 24.3 Å². The molecule has 1 aliphatic heterocycles. The minimum absolute atomic E-state index is 0.149. The number of rotatable bonds is 3. The van der Waals surface area contributed by atoms with Crippen molar-refractivity contribution in [2.24, 2.45) is 11.8 Å². The summed E-state index contributed by atoms with van der Waals surface area (Å²) < 4.78 is 11.5. The highest BCUT2D eigenvalue weighted by molar-refractivity contribution is 9.10. The fourth-order valence-corrected chi connectivity index (χ4v) is 4.34.